The molecule has 0 aromatic carbocycles. The Morgan fingerprint density at radius 1 is 0.547 bits per heavy atom. The van der Waals surface area contributed by atoms with E-state index in [1.807, 2.05) is 0 Å². The van der Waals surface area contributed by atoms with Crippen molar-refractivity contribution in [3.05, 3.63) is 12.2 Å². The van der Waals surface area contributed by atoms with Crippen LogP contribution >= 0.6 is 7.82 Å². The van der Waals surface area contributed by atoms with Crippen LogP contribution in [0.2, 0.25) is 0 Å². The molecule has 0 fully saturated rings. The first-order valence-electron chi connectivity index (χ1n) is 21.6. The van der Waals surface area contributed by atoms with Crippen molar-refractivity contribution in [3.63, 3.8) is 0 Å². The quantitative estimate of drug-likeness (QED) is 0.0237. The molecule has 0 heterocycles. The van der Waals surface area contributed by atoms with Gasteiger partial charge in [0.25, 0.3) is 0 Å². The summed E-state index contributed by atoms with van der Waals surface area (Å²) in [7, 11) is -4.61. The van der Waals surface area contributed by atoms with Crippen LogP contribution in [-0.2, 0) is 32.7 Å². The van der Waals surface area contributed by atoms with Gasteiger partial charge in [0.1, 0.15) is 12.7 Å². The minimum Gasteiger partial charge on any atom is -0.462 e. The van der Waals surface area contributed by atoms with Gasteiger partial charge in [-0.25, -0.2) is 4.57 Å². The lowest BCUT2D eigenvalue weighted by atomic mass is 10.0. The third kappa shape index (κ3) is 38.8. The summed E-state index contributed by atoms with van der Waals surface area (Å²) < 4.78 is 32.7. The van der Waals surface area contributed by atoms with Gasteiger partial charge in [0.15, 0.2) is 6.10 Å². The van der Waals surface area contributed by atoms with E-state index in [4.69, 9.17) is 19.1 Å². The zero-order valence-electron chi connectivity index (χ0n) is 34.0. The Morgan fingerprint density at radius 3 is 1.36 bits per heavy atom. The van der Waals surface area contributed by atoms with Gasteiger partial charge in [-0.2, -0.15) is 0 Å². The number of rotatable bonds is 41. The van der Waals surface area contributed by atoms with E-state index in [-0.39, 0.29) is 19.4 Å². The van der Waals surface area contributed by atoms with Gasteiger partial charge in [0.05, 0.1) is 19.8 Å². The molecule has 0 aromatic heterocycles. The number of hydrogen-bond donors (Lipinski definition) is 3. The lowest BCUT2D eigenvalue weighted by Crippen LogP contribution is -2.29. The van der Waals surface area contributed by atoms with Gasteiger partial charge < -0.3 is 24.6 Å². The van der Waals surface area contributed by atoms with Crippen molar-refractivity contribution in [1.82, 2.24) is 0 Å². The standard InChI is InChI=1S/C42H81O10P/c1-3-5-7-9-11-13-15-17-19-20-22-24-26-28-30-32-34-42(46)52-40(38-51-53(47,48)50-36-39(44)35-43)37-49-41(45)33-31-29-27-25-23-21-18-16-14-12-10-8-6-4-2/h19-20,39-40,43-44H,3-18,21-38H2,1-2H3,(H,47,48)/b20-19-. The molecule has 0 aliphatic carbocycles. The van der Waals surface area contributed by atoms with E-state index >= 15 is 0 Å². The third-order valence-electron chi connectivity index (χ3n) is 9.42. The maximum absolute atomic E-state index is 12.6. The molecule has 11 heteroatoms. The van der Waals surface area contributed by atoms with Crippen LogP contribution in [-0.4, -0.2) is 65.7 Å². The average Bonchev–Trinajstić information content (AvgIpc) is 3.14. The summed E-state index contributed by atoms with van der Waals surface area (Å²) in [4.78, 5) is 34.9. The Hall–Kier alpha value is -1.29. The number of hydrogen-bond acceptors (Lipinski definition) is 9. The van der Waals surface area contributed by atoms with Gasteiger partial charge >= 0.3 is 19.8 Å². The highest BCUT2D eigenvalue weighted by Crippen LogP contribution is 2.43. The first-order valence-corrected chi connectivity index (χ1v) is 23.1. The largest absolute Gasteiger partial charge is 0.472 e. The van der Waals surface area contributed by atoms with E-state index in [0.717, 1.165) is 57.8 Å². The highest BCUT2D eigenvalue weighted by atomic mass is 31.2. The molecule has 0 saturated heterocycles. The molecule has 0 aromatic rings. The number of phosphoric ester groups is 1. The molecule has 314 valence electrons. The first kappa shape index (κ1) is 51.7. The summed E-state index contributed by atoms with van der Waals surface area (Å²) in [5.74, 6) is -0.925. The lowest BCUT2D eigenvalue weighted by Gasteiger charge is -2.20. The number of aliphatic hydroxyl groups excluding tert-OH is 2. The van der Waals surface area contributed by atoms with Crippen molar-refractivity contribution in [2.45, 2.75) is 219 Å². The van der Waals surface area contributed by atoms with Gasteiger partial charge in [0, 0.05) is 12.8 Å². The van der Waals surface area contributed by atoms with Gasteiger partial charge in [-0.1, -0.05) is 167 Å². The lowest BCUT2D eigenvalue weighted by molar-refractivity contribution is -0.161. The molecule has 0 aliphatic rings. The minimum absolute atomic E-state index is 0.178. The summed E-state index contributed by atoms with van der Waals surface area (Å²) in [6.45, 7) is 2.39. The van der Waals surface area contributed by atoms with Crippen LogP contribution in [0.1, 0.15) is 206 Å². The average molecular weight is 777 g/mol. The van der Waals surface area contributed by atoms with Crippen LogP contribution in [0.3, 0.4) is 0 Å². The van der Waals surface area contributed by atoms with Gasteiger partial charge in [-0.15, -0.1) is 0 Å². The fourth-order valence-electron chi connectivity index (χ4n) is 6.05. The predicted octanol–water partition coefficient (Wildman–Crippen LogP) is 11.2. The maximum atomic E-state index is 12.6. The molecule has 0 saturated carbocycles. The smallest absolute Gasteiger partial charge is 0.462 e. The Balaban J connectivity index is 4.29. The van der Waals surface area contributed by atoms with Crippen LogP contribution < -0.4 is 0 Å². The minimum atomic E-state index is -4.61. The summed E-state index contributed by atoms with van der Waals surface area (Å²) >= 11 is 0. The summed E-state index contributed by atoms with van der Waals surface area (Å²) in [6, 6.07) is 0. The SMILES string of the molecule is CCCCCCCCC/C=C\CCCCCCCC(=O)OC(COC(=O)CCCCCCCCCCCCCCCC)COP(=O)(O)OCC(O)CO. The zero-order valence-corrected chi connectivity index (χ0v) is 34.9. The molecule has 0 amide bonds. The van der Waals surface area contributed by atoms with Gasteiger partial charge in [0.2, 0.25) is 0 Å². The van der Waals surface area contributed by atoms with Crippen molar-refractivity contribution < 1.29 is 47.8 Å². The van der Waals surface area contributed by atoms with E-state index in [1.54, 1.807) is 0 Å². The van der Waals surface area contributed by atoms with E-state index in [9.17, 15) is 24.2 Å². The Morgan fingerprint density at radius 2 is 0.925 bits per heavy atom. The number of aliphatic hydroxyl groups is 2. The molecule has 0 bridgehead atoms. The number of ether oxygens (including phenoxy) is 2. The number of carbonyl (C=O) groups excluding carboxylic acids is 2. The molecular formula is C42H81O10P. The highest BCUT2D eigenvalue weighted by Gasteiger charge is 2.27. The number of esters is 2. The monoisotopic (exact) mass is 777 g/mol. The normalized spacial score (nSPS) is 14.0. The molecule has 3 atom stereocenters. The zero-order chi connectivity index (χ0) is 39.1. The molecule has 10 nitrogen and oxygen atoms in total. The second-order valence-electron chi connectivity index (χ2n) is 14.7. The van der Waals surface area contributed by atoms with Crippen LogP contribution in [0, 0.1) is 0 Å². The number of carbonyl (C=O) groups is 2. The first-order chi connectivity index (χ1) is 25.7. The summed E-state index contributed by atoms with van der Waals surface area (Å²) in [5.41, 5.74) is 0. The van der Waals surface area contributed by atoms with E-state index in [2.05, 4.69) is 30.5 Å². The molecular weight excluding hydrogens is 695 g/mol. The van der Waals surface area contributed by atoms with Crippen LogP contribution in [0.5, 0.6) is 0 Å². The molecule has 0 spiro atoms. The van der Waals surface area contributed by atoms with Crippen molar-refractivity contribution in [3.8, 4) is 0 Å². The fraction of sp³-hybridized carbons (Fsp3) is 0.905. The second kappa shape index (κ2) is 39.0. The van der Waals surface area contributed by atoms with Crippen LogP contribution in [0.4, 0.5) is 0 Å². The molecule has 0 rings (SSSR count). The Kier molecular flexibility index (Phi) is 38.0. The second-order valence-corrected chi connectivity index (χ2v) is 16.2. The third-order valence-corrected chi connectivity index (χ3v) is 10.4. The molecule has 0 aliphatic heterocycles. The fourth-order valence-corrected chi connectivity index (χ4v) is 6.84. The van der Waals surface area contributed by atoms with Crippen molar-refractivity contribution in [1.29, 1.82) is 0 Å². The maximum Gasteiger partial charge on any atom is 0.472 e. The summed E-state index contributed by atoms with van der Waals surface area (Å²) in [5, 5.41) is 18.3. The topological polar surface area (TPSA) is 149 Å². The van der Waals surface area contributed by atoms with Gasteiger partial charge in [-0.05, 0) is 38.5 Å². The van der Waals surface area contributed by atoms with E-state index in [1.165, 1.54) is 109 Å². The van der Waals surface area contributed by atoms with Crippen LogP contribution in [0.25, 0.3) is 0 Å². The van der Waals surface area contributed by atoms with E-state index < -0.39 is 51.8 Å². The van der Waals surface area contributed by atoms with Crippen LogP contribution in [0.15, 0.2) is 12.2 Å². The number of unbranched alkanes of at least 4 members (excludes halogenated alkanes) is 25. The van der Waals surface area contributed by atoms with E-state index in [0.29, 0.717) is 12.8 Å². The number of phosphoric acid groups is 1. The Bertz CT molecular complexity index is 899. The summed E-state index contributed by atoms with van der Waals surface area (Å²) in [6.07, 6.45) is 36.0. The van der Waals surface area contributed by atoms with Crippen molar-refractivity contribution in [2.24, 2.45) is 0 Å². The van der Waals surface area contributed by atoms with Crippen molar-refractivity contribution >= 4 is 19.8 Å². The molecule has 3 N–H and O–H groups in total. The number of allylic oxidation sites excluding steroid dienone is 2. The molecule has 3 unspecified atom stereocenters. The highest BCUT2D eigenvalue weighted by molar-refractivity contribution is 7.47. The molecule has 53 heavy (non-hydrogen) atoms. The Labute approximate surface area is 324 Å². The predicted molar refractivity (Wildman–Crippen MR) is 215 cm³/mol. The van der Waals surface area contributed by atoms with Gasteiger partial charge in [-0.3, -0.25) is 18.6 Å². The van der Waals surface area contributed by atoms with Crippen molar-refractivity contribution in [2.75, 3.05) is 26.4 Å². The molecule has 0 radical (unpaired) electrons.